The van der Waals surface area contributed by atoms with Gasteiger partial charge in [-0.2, -0.15) is 0 Å². The quantitative estimate of drug-likeness (QED) is 0.821. The van der Waals surface area contributed by atoms with Crippen molar-refractivity contribution in [2.45, 2.75) is 18.9 Å². The monoisotopic (exact) mass is 257 g/mol. The fraction of sp³-hybridized carbons (Fsp3) is 0.250. The molecule has 0 saturated heterocycles. The Kier molecular flexibility index (Phi) is 2.89. The first kappa shape index (κ1) is 11.8. The van der Waals surface area contributed by atoms with Crippen molar-refractivity contribution in [3.63, 3.8) is 0 Å². The van der Waals surface area contributed by atoms with Crippen LogP contribution in [0, 0.1) is 0 Å². The highest BCUT2D eigenvalue weighted by Crippen LogP contribution is 2.37. The Hall–Kier alpha value is -1.31. The molecule has 1 N–H and O–H groups in total. The lowest BCUT2D eigenvalue weighted by Gasteiger charge is -2.38. The fourth-order valence-corrected chi connectivity index (χ4v) is 3.11. The summed E-state index contributed by atoms with van der Waals surface area (Å²) in [6.45, 7) is 3.19. The van der Waals surface area contributed by atoms with Crippen molar-refractivity contribution < 1.29 is 0 Å². The second-order valence-electron chi connectivity index (χ2n) is 4.93. The number of halogens is 1. The van der Waals surface area contributed by atoms with Crippen molar-refractivity contribution in [1.82, 2.24) is 5.32 Å². The molecule has 1 nitrogen and oxygen atoms in total. The number of benzene rings is 2. The summed E-state index contributed by atoms with van der Waals surface area (Å²) in [7, 11) is 0. The molecule has 0 amide bonds. The lowest BCUT2D eigenvalue weighted by Crippen LogP contribution is -2.45. The van der Waals surface area contributed by atoms with Gasteiger partial charge in [0.05, 0.1) is 5.54 Å². The molecular weight excluding hydrogens is 242 g/mol. The minimum absolute atomic E-state index is 0.139. The van der Waals surface area contributed by atoms with E-state index in [2.05, 4.69) is 48.6 Å². The first-order chi connectivity index (χ1) is 8.72. The van der Waals surface area contributed by atoms with E-state index < -0.39 is 0 Å². The SMILES string of the molecule is CC1(c2ccccc2)NCCc2c(Cl)cccc21. The van der Waals surface area contributed by atoms with Crippen LogP contribution in [0.3, 0.4) is 0 Å². The zero-order valence-electron chi connectivity index (χ0n) is 10.4. The van der Waals surface area contributed by atoms with Crippen LogP contribution in [0.2, 0.25) is 5.02 Å². The average molecular weight is 258 g/mol. The van der Waals surface area contributed by atoms with E-state index in [1.54, 1.807) is 0 Å². The average Bonchev–Trinajstić information content (AvgIpc) is 2.41. The zero-order chi connectivity index (χ0) is 12.6. The van der Waals surface area contributed by atoms with Crippen molar-refractivity contribution in [3.8, 4) is 0 Å². The smallest absolute Gasteiger partial charge is 0.0665 e. The summed E-state index contributed by atoms with van der Waals surface area (Å²) >= 11 is 6.33. The third-order valence-electron chi connectivity index (χ3n) is 3.86. The van der Waals surface area contributed by atoms with E-state index in [-0.39, 0.29) is 5.54 Å². The molecule has 3 rings (SSSR count). The normalized spacial score (nSPS) is 22.6. The predicted octanol–water partition coefficient (Wildman–Crippen LogP) is 3.75. The molecule has 2 heteroatoms. The van der Waals surface area contributed by atoms with E-state index in [1.165, 1.54) is 16.7 Å². The van der Waals surface area contributed by atoms with Gasteiger partial charge in [-0.3, -0.25) is 0 Å². The molecule has 2 aromatic carbocycles. The van der Waals surface area contributed by atoms with Gasteiger partial charge in [0.2, 0.25) is 0 Å². The Balaban J connectivity index is 2.19. The summed E-state index contributed by atoms with van der Waals surface area (Å²) in [5.41, 5.74) is 3.73. The van der Waals surface area contributed by atoms with Gasteiger partial charge in [0, 0.05) is 11.6 Å². The van der Waals surface area contributed by atoms with Crippen LogP contribution in [0.25, 0.3) is 0 Å². The molecule has 2 aromatic rings. The topological polar surface area (TPSA) is 12.0 Å². The molecule has 1 aliphatic rings. The zero-order valence-corrected chi connectivity index (χ0v) is 11.2. The lowest BCUT2D eigenvalue weighted by atomic mass is 9.79. The molecule has 0 bridgehead atoms. The molecule has 18 heavy (non-hydrogen) atoms. The van der Waals surface area contributed by atoms with Gasteiger partial charge in [-0.05, 0) is 36.1 Å². The molecule has 1 heterocycles. The summed E-state index contributed by atoms with van der Waals surface area (Å²) in [6.07, 6.45) is 0.997. The number of hydrogen-bond acceptors (Lipinski definition) is 1. The van der Waals surface area contributed by atoms with Crippen LogP contribution < -0.4 is 5.32 Å². The van der Waals surface area contributed by atoms with Gasteiger partial charge in [0.15, 0.2) is 0 Å². The van der Waals surface area contributed by atoms with Gasteiger partial charge in [-0.1, -0.05) is 54.1 Å². The van der Waals surface area contributed by atoms with E-state index in [1.807, 2.05) is 12.1 Å². The van der Waals surface area contributed by atoms with Crippen LogP contribution in [-0.4, -0.2) is 6.54 Å². The van der Waals surface area contributed by atoms with Crippen LogP contribution in [-0.2, 0) is 12.0 Å². The minimum atomic E-state index is -0.139. The Bertz CT molecular complexity index is 565. The highest BCUT2D eigenvalue weighted by Gasteiger charge is 2.33. The molecular formula is C16H16ClN. The minimum Gasteiger partial charge on any atom is -0.304 e. The molecule has 0 spiro atoms. The maximum absolute atomic E-state index is 6.33. The summed E-state index contributed by atoms with van der Waals surface area (Å²) in [5.74, 6) is 0. The Labute approximate surface area is 113 Å². The summed E-state index contributed by atoms with van der Waals surface area (Å²) in [4.78, 5) is 0. The van der Waals surface area contributed by atoms with Gasteiger partial charge < -0.3 is 5.32 Å². The maximum Gasteiger partial charge on any atom is 0.0665 e. The predicted molar refractivity (Wildman–Crippen MR) is 76.1 cm³/mol. The maximum atomic E-state index is 6.33. The molecule has 0 radical (unpaired) electrons. The summed E-state index contributed by atoms with van der Waals surface area (Å²) in [5, 5.41) is 4.52. The van der Waals surface area contributed by atoms with E-state index in [4.69, 9.17) is 11.6 Å². The third kappa shape index (κ3) is 1.75. The molecule has 0 saturated carbocycles. The van der Waals surface area contributed by atoms with Crippen molar-refractivity contribution in [2.75, 3.05) is 6.54 Å². The molecule has 0 aliphatic carbocycles. The van der Waals surface area contributed by atoms with Crippen LogP contribution in [0.15, 0.2) is 48.5 Å². The Morgan fingerprint density at radius 1 is 1.06 bits per heavy atom. The Morgan fingerprint density at radius 2 is 1.83 bits per heavy atom. The van der Waals surface area contributed by atoms with Gasteiger partial charge >= 0.3 is 0 Å². The van der Waals surface area contributed by atoms with Gasteiger partial charge in [-0.25, -0.2) is 0 Å². The van der Waals surface area contributed by atoms with Crippen molar-refractivity contribution >= 4 is 11.6 Å². The van der Waals surface area contributed by atoms with Gasteiger partial charge in [-0.15, -0.1) is 0 Å². The standard InChI is InChI=1S/C16H16ClN/c1-16(12-6-3-2-4-7-12)14-8-5-9-15(17)13(14)10-11-18-16/h2-9,18H,10-11H2,1H3. The van der Waals surface area contributed by atoms with E-state index in [0.717, 1.165) is 18.0 Å². The van der Waals surface area contributed by atoms with Gasteiger partial charge in [0.1, 0.15) is 0 Å². The molecule has 0 fully saturated rings. The first-order valence-electron chi connectivity index (χ1n) is 6.30. The number of hydrogen-bond donors (Lipinski definition) is 1. The lowest BCUT2D eigenvalue weighted by molar-refractivity contribution is 0.415. The second kappa shape index (κ2) is 4.42. The highest BCUT2D eigenvalue weighted by atomic mass is 35.5. The largest absolute Gasteiger partial charge is 0.304 e. The Morgan fingerprint density at radius 3 is 2.61 bits per heavy atom. The first-order valence-corrected chi connectivity index (χ1v) is 6.68. The molecule has 92 valence electrons. The summed E-state index contributed by atoms with van der Waals surface area (Å²) < 4.78 is 0. The van der Waals surface area contributed by atoms with Gasteiger partial charge in [0.25, 0.3) is 0 Å². The van der Waals surface area contributed by atoms with Crippen LogP contribution in [0.5, 0.6) is 0 Å². The third-order valence-corrected chi connectivity index (χ3v) is 4.22. The van der Waals surface area contributed by atoms with Crippen molar-refractivity contribution in [2.24, 2.45) is 0 Å². The van der Waals surface area contributed by atoms with Crippen molar-refractivity contribution in [3.05, 3.63) is 70.2 Å². The van der Waals surface area contributed by atoms with Crippen molar-refractivity contribution in [1.29, 1.82) is 0 Å². The van der Waals surface area contributed by atoms with E-state index >= 15 is 0 Å². The van der Waals surface area contributed by atoms with E-state index in [9.17, 15) is 0 Å². The van der Waals surface area contributed by atoms with Crippen LogP contribution in [0.1, 0.15) is 23.6 Å². The summed E-state index contributed by atoms with van der Waals surface area (Å²) in [6, 6.07) is 16.8. The molecule has 1 aliphatic heterocycles. The molecule has 1 unspecified atom stereocenters. The molecule has 1 atom stereocenters. The molecule has 0 aromatic heterocycles. The fourth-order valence-electron chi connectivity index (χ4n) is 2.84. The van der Waals surface area contributed by atoms with E-state index in [0.29, 0.717) is 0 Å². The number of nitrogens with one attached hydrogen (secondary N) is 1. The number of rotatable bonds is 1. The van der Waals surface area contributed by atoms with Crippen LogP contribution >= 0.6 is 11.6 Å². The second-order valence-corrected chi connectivity index (χ2v) is 5.34. The number of fused-ring (bicyclic) bond motifs is 1. The van der Waals surface area contributed by atoms with Crippen LogP contribution in [0.4, 0.5) is 0 Å². The highest BCUT2D eigenvalue weighted by molar-refractivity contribution is 6.31.